The number of aromatic amines is 1. The fraction of sp³-hybridized carbons (Fsp3) is 0.357. The largest absolute Gasteiger partial charge is 0.496 e. The van der Waals surface area contributed by atoms with Gasteiger partial charge in [0.25, 0.3) is 0 Å². The molecule has 0 aliphatic rings. The van der Waals surface area contributed by atoms with Crippen molar-refractivity contribution in [2.24, 2.45) is 0 Å². The lowest BCUT2D eigenvalue weighted by atomic mass is 10.1. The number of para-hydroxylation sites is 1. The molecule has 0 unspecified atom stereocenters. The minimum absolute atomic E-state index is 0.225. The number of hydrogen-bond acceptors (Lipinski definition) is 4. The molecular weight excluding hydrogens is 290 g/mol. The summed E-state index contributed by atoms with van der Waals surface area (Å²) < 4.78 is 32.4. The minimum atomic E-state index is -3.55. The van der Waals surface area contributed by atoms with E-state index in [1.807, 2.05) is 24.3 Å². The van der Waals surface area contributed by atoms with Crippen LogP contribution in [-0.2, 0) is 16.4 Å². The Labute approximate surface area is 124 Å². The molecule has 2 N–H and O–H groups in total. The van der Waals surface area contributed by atoms with Gasteiger partial charge in [-0.3, -0.25) is 5.10 Å². The summed E-state index contributed by atoms with van der Waals surface area (Å²) in [6.07, 6.45) is 0.555. The van der Waals surface area contributed by atoms with Gasteiger partial charge < -0.3 is 4.74 Å². The molecule has 0 fully saturated rings. The molecule has 0 amide bonds. The van der Waals surface area contributed by atoms with Gasteiger partial charge in [-0.05, 0) is 31.9 Å². The average molecular weight is 309 g/mol. The van der Waals surface area contributed by atoms with Crippen molar-refractivity contribution in [3.8, 4) is 5.75 Å². The molecule has 1 aromatic carbocycles. The summed E-state index contributed by atoms with van der Waals surface area (Å²) in [5.74, 6) is 0.757. The second-order valence-corrected chi connectivity index (χ2v) is 6.43. The number of ether oxygens (including phenoxy) is 1. The monoisotopic (exact) mass is 309 g/mol. The van der Waals surface area contributed by atoms with E-state index in [1.54, 1.807) is 21.0 Å². The van der Waals surface area contributed by atoms with Gasteiger partial charge in [0, 0.05) is 6.54 Å². The van der Waals surface area contributed by atoms with E-state index >= 15 is 0 Å². The first-order valence-corrected chi connectivity index (χ1v) is 8.07. The van der Waals surface area contributed by atoms with Crippen molar-refractivity contribution in [3.63, 3.8) is 0 Å². The van der Waals surface area contributed by atoms with Crippen molar-refractivity contribution >= 4 is 10.0 Å². The zero-order valence-corrected chi connectivity index (χ0v) is 13.1. The molecule has 0 saturated heterocycles. The predicted octanol–water partition coefficient (Wildman–Crippen LogP) is 1.56. The van der Waals surface area contributed by atoms with E-state index in [0.717, 1.165) is 11.3 Å². The van der Waals surface area contributed by atoms with Gasteiger partial charge in [0.15, 0.2) is 0 Å². The van der Waals surface area contributed by atoms with E-state index < -0.39 is 10.0 Å². The first-order chi connectivity index (χ1) is 9.95. The van der Waals surface area contributed by atoms with Gasteiger partial charge in [-0.15, -0.1) is 0 Å². The summed E-state index contributed by atoms with van der Waals surface area (Å²) in [7, 11) is -1.95. The maximum absolute atomic E-state index is 12.3. The van der Waals surface area contributed by atoms with Gasteiger partial charge in [0.05, 0.1) is 18.5 Å². The number of aromatic nitrogens is 2. The zero-order chi connectivity index (χ0) is 15.5. The molecule has 0 bridgehead atoms. The summed E-state index contributed by atoms with van der Waals surface area (Å²) in [4.78, 5) is 0.225. The second-order valence-electron chi connectivity index (χ2n) is 4.72. The van der Waals surface area contributed by atoms with Gasteiger partial charge in [0.2, 0.25) is 10.0 Å². The van der Waals surface area contributed by atoms with Crippen molar-refractivity contribution in [2.45, 2.75) is 25.2 Å². The molecule has 1 heterocycles. The third-order valence-corrected chi connectivity index (χ3v) is 4.93. The smallest absolute Gasteiger partial charge is 0.244 e. The topological polar surface area (TPSA) is 84.1 Å². The fourth-order valence-electron chi connectivity index (χ4n) is 2.24. The summed E-state index contributed by atoms with van der Waals surface area (Å²) in [5, 5.41) is 6.59. The highest BCUT2D eigenvalue weighted by Crippen LogP contribution is 2.19. The number of sulfonamides is 1. The Kier molecular flexibility index (Phi) is 4.64. The van der Waals surface area contributed by atoms with Crippen LogP contribution in [-0.4, -0.2) is 32.3 Å². The SMILES string of the molecule is COc1ccccc1CCNS(=O)(=O)c1c(C)n[nH]c1C. The molecule has 0 spiro atoms. The van der Waals surface area contributed by atoms with Crippen LogP contribution in [0, 0.1) is 13.8 Å². The van der Waals surface area contributed by atoms with E-state index in [2.05, 4.69) is 14.9 Å². The van der Waals surface area contributed by atoms with E-state index in [-0.39, 0.29) is 4.90 Å². The van der Waals surface area contributed by atoms with Crippen molar-refractivity contribution in [2.75, 3.05) is 13.7 Å². The molecule has 6 nitrogen and oxygen atoms in total. The van der Waals surface area contributed by atoms with Gasteiger partial charge in [-0.25, -0.2) is 13.1 Å². The van der Waals surface area contributed by atoms with Crippen LogP contribution in [0.2, 0.25) is 0 Å². The Balaban J connectivity index is 2.06. The lowest BCUT2D eigenvalue weighted by Gasteiger charge is -2.09. The van der Waals surface area contributed by atoms with Crippen LogP contribution >= 0.6 is 0 Å². The predicted molar refractivity (Wildman–Crippen MR) is 79.9 cm³/mol. The summed E-state index contributed by atoms with van der Waals surface area (Å²) in [5.41, 5.74) is 1.97. The summed E-state index contributed by atoms with van der Waals surface area (Å²) in [6, 6.07) is 7.55. The molecule has 0 radical (unpaired) electrons. The van der Waals surface area contributed by atoms with Crippen LogP contribution in [0.4, 0.5) is 0 Å². The number of methoxy groups -OCH3 is 1. The van der Waals surface area contributed by atoms with Crippen LogP contribution in [0.25, 0.3) is 0 Å². The molecule has 7 heteroatoms. The highest BCUT2D eigenvalue weighted by molar-refractivity contribution is 7.89. The molecule has 2 rings (SSSR count). The molecular formula is C14H19N3O3S. The molecule has 0 aliphatic carbocycles. The molecule has 0 atom stereocenters. The number of H-pyrrole nitrogens is 1. The van der Waals surface area contributed by atoms with E-state index in [1.165, 1.54) is 0 Å². The number of benzene rings is 1. The van der Waals surface area contributed by atoms with E-state index in [9.17, 15) is 8.42 Å². The van der Waals surface area contributed by atoms with Crippen LogP contribution in [0.1, 0.15) is 17.0 Å². The molecule has 114 valence electrons. The van der Waals surface area contributed by atoms with Crippen molar-refractivity contribution < 1.29 is 13.2 Å². The molecule has 1 aromatic heterocycles. The maximum Gasteiger partial charge on any atom is 0.244 e. The zero-order valence-electron chi connectivity index (χ0n) is 12.3. The third-order valence-electron chi connectivity index (χ3n) is 3.21. The normalized spacial score (nSPS) is 11.6. The molecule has 0 saturated carbocycles. The quantitative estimate of drug-likeness (QED) is 0.848. The standard InChI is InChI=1S/C14H19N3O3S/c1-10-14(11(2)17-16-10)21(18,19)15-9-8-12-6-4-5-7-13(12)20-3/h4-7,15H,8-9H2,1-3H3,(H,16,17). The van der Waals surface area contributed by atoms with Crippen LogP contribution in [0.3, 0.4) is 0 Å². The fourth-order valence-corrected chi connectivity index (χ4v) is 3.64. The highest BCUT2D eigenvalue weighted by Gasteiger charge is 2.21. The Morgan fingerprint density at radius 1 is 1.29 bits per heavy atom. The van der Waals surface area contributed by atoms with Crippen molar-refractivity contribution in [1.82, 2.24) is 14.9 Å². The van der Waals surface area contributed by atoms with Gasteiger partial charge in [-0.2, -0.15) is 5.10 Å². The first-order valence-electron chi connectivity index (χ1n) is 6.59. The highest BCUT2D eigenvalue weighted by atomic mass is 32.2. The number of nitrogens with zero attached hydrogens (tertiary/aromatic N) is 1. The summed E-state index contributed by atoms with van der Waals surface area (Å²) in [6.45, 7) is 3.65. The Hall–Kier alpha value is -1.86. The summed E-state index contributed by atoms with van der Waals surface area (Å²) >= 11 is 0. The van der Waals surface area contributed by atoms with E-state index in [0.29, 0.717) is 24.4 Å². The van der Waals surface area contributed by atoms with Crippen molar-refractivity contribution in [1.29, 1.82) is 0 Å². The number of aryl methyl sites for hydroxylation is 2. The molecule has 2 aromatic rings. The first kappa shape index (κ1) is 15.5. The van der Waals surface area contributed by atoms with Crippen LogP contribution < -0.4 is 9.46 Å². The second kappa shape index (κ2) is 6.28. The van der Waals surface area contributed by atoms with Crippen molar-refractivity contribution in [3.05, 3.63) is 41.2 Å². The molecule has 0 aliphatic heterocycles. The van der Waals surface area contributed by atoms with Crippen LogP contribution in [0.5, 0.6) is 5.75 Å². The van der Waals surface area contributed by atoms with Gasteiger partial charge in [-0.1, -0.05) is 18.2 Å². The average Bonchev–Trinajstić information content (AvgIpc) is 2.79. The van der Waals surface area contributed by atoms with Gasteiger partial charge >= 0.3 is 0 Å². The lowest BCUT2D eigenvalue weighted by Crippen LogP contribution is -2.27. The van der Waals surface area contributed by atoms with Gasteiger partial charge in [0.1, 0.15) is 10.6 Å². The number of nitrogens with one attached hydrogen (secondary N) is 2. The third kappa shape index (κ3) is 3.43. The number of hydrogen-bond donors (Lipinski definition) is 2. The van der Waals surface area contributed by atoms with Crippen LogP contribution in [0.15, 0.2) is 29.2 Å². The Morgan fingerprint density at radius 2 is 2.00 bits per heavy atom. The maximum atomic E-state index is 12.3. The minimum Gasteiger partial charge on any atom is -0.496 e. The molecule has 21 heavy (non-hydrogen) atoms. The lowest BCUT2D eigenvalue weighted by molar-refractivity contribution is 0.409. The number of rotatable bonds is 6. The Bertz CT molecular complexity index is 703. The van der Waals surface area contributed by atoms with E-state index in [4.69, 9.17) is 4.74 Å². The Morgan fingerprint density at radius 3 is 2.62 bits per heavy atom.